The molecule has 0 aliphatic carbocycles. The van der Waals surface area contributed by atoms with Gasteiger partial charge < -0.3 is 24.2 Å². The molecule has 1 aliphatic rings. The number of anilines is 2. The van der Waals surface area contributed by atoms with E-state index in [2.05, 4.69) is 32.3 Å². The number of rotatable bonds is 7. The molecule has 8 heteroatoms. The van der Waals surface area contributed by atoms with Crippen LogP contribution in [-0.4, -0.2) is 48.3 Å². The van der Waals surface area contributed by atoms with Crippen LogP contribution in [0.2, 0.25) is 0 Å². The van der Waals surface area contributed by atoms with Gasteiger partial charge in [0.2, 0.25) is 0 Å². The predicted molar refractivity (Wildman–Crippen MR) is 135 cm³/mol. The molecule has 4 aromatic rings. The molecule has 8 nitrogen and oxygen atoms in total. The number of nitrogens with one attached hydrogen (secondary N) is 2. The van der Waals surface area contributed by atoms with Crippen LogP contribution in [0.4, 0.5) is 11.7 Å². The van der Waals surface area contributed by atoms with Crippen molar-refractivity contribution in [3.8, 4) is 28.2 Å². The van der Waals surface area contributed by atoms with E-state index in [0.29, 0.717) is 17.3 Å². The van der Waals surface area contributed by atoms with Gasteiger partial charge in [-0.25, -0.2) is 4.98 Å². The standard InChI is InChI=1S/C27H28N4O4/c1-18-5-6-22(33-2)15-24(18)30-27-29-16-25(35-27)21-13-19(17-31-8-10-34-11-9-31)12-20(14-21)23-4-3-7-28-26(23)32/h3-7,12-16H,8-11,17H2,1-2H3,(H,28,32)(H,29,30). The first-order valence-electron chi connectivity index (χ1n) is 11.6. The van der Waals surface area contributed by atoms with Crippen LogP contribution in [-0.2, 0) is 11.3 Å². The molecule has 0 unspecified atom stereocenters. The first-order chi connectivity index (χ1) is 17.1. The summed E-state index contributed by atoms with van der Waals surface area (Å²) in [5.74, 6) is 1.36. The lowest BCUT2D eigenvalue weighted by Gasteiger charge is -2.26. The second-order valence-corrected chi connectivity index (χ2v) is 8.56. The maximum atomic E-state index is 12.5. The number of benzene rings is 2. The number of hydrogen-bond donors (Lipinski definition) is 2. The second kappa shape index (κ2) is 10.2. The van der Waals surface area contributed by atoms with Crippen LogP contribution in [0.3, 0.4) is 0 Å². The van der Waals surface area contributed by atoms with Gasteiger partial charge in [0.15, 0.2) is 5.76 Å². The molecule has 35 heavy (non-hydrogen) atoms. The maximum Gasteiger partial charge on any atom is 0.299 e. The van der Waals surface area contributed by atoms with Gasteiger partial charge in [-0.15, -0.1) is 0 Å². The Labute approximate surface area is 203 Å². The molecule has 0 saturated carbocycles. The topological polar surface area (TPSA) is 92.6 Å². The number of methoxy groups -OCH3 is 1. The molecule has 180 valence electrons. The van der Waals surface area contributed by atoms with Crippen LogP contribution in [0.15, 0.2) is 70.1 Å². The third-order valence-corrected chi connectivity index (χ3v) is 6.11. The summed E-state index contributed by atoms with van der Waals surface area (Å²) in [4.78, 5) is 22.1. The molecule has 0 radical (unpaired) electrons. The molecule has 0 amide bonds. The van der Waals surface area contributed by atoms with Gasteiger partial charge in [0.25, 0.3) is 11.6 Å². The number of ether oxygens (including phenoxy) is 2. The summed E-state index contributed by atoms with van der Waals surface area (Å²) >= 11 is 0. The normalized spacial score (nSPS) is 14.1. The van der Waals surface area contributed by atoms with Crippen molar-refractivity contribution in [3.05, 3.63) is 82.4 Å². The minimum Gasteiger partial charge on any atom is -0.497 e. The number of H-pyrrole nitrogens is 1. The summed E-state index contributed by atoms with van der Waals surface area (Å²) in [6.07, 6.45) is 3.34. The molecular weight excluding hydrogens is 444 g/mol. The Morgan fingerprint density at radius 2 is 1.94 bits per heavy atom. The highest BCUT2D eigenvalue weighted by molar-refractivity contribution is 5.72. The molecule has 2 aromatic carbocycles. The van der Waals surface area contributed by atoms with E-state index < -0.39 is 0 Å². The van der Waals surface area contributed by atoms with Crippen molar-refractivity contribution < 1.29 is 13.9 Å². The van der Waals surface area contributed by atoms with Crippen LogP contribution in [0.25, 0.3) is 22.5 Å². The molecule has 1 fully saturated rings. The van der Waals surface area contributed by atoms with E-state index in [-0.39, 0.29) is 5.56 Å². The van der Waals surface area contributed by atoms with E-state index in [1.807, 2.05) is 43.3 Å². The summed E-state index contributed by atoms with van der Waals surface area (Å²) in [6.45, 7) is 5.97. The van der Waals surface area contributed by atoms with Crippen LogP contribution < -0.4 is 15.6 Å². The van der Waals surface area contributed by atoms with Crippen molar-refractivity contribution in [2.24, 2.45) is 0 Å². The van der Waals surface area contributed by atoms with Gasteiger partial charge in [-0.1, -0.05) is 6.07 Å². The van der Waals surface area contributed by atoms with Gasteiger partial charge in [0, 0.05) is 48.7 Å². The molecule has 1 saturated heterocycles. The van der Waals surface area contributed by atoms with Crippen molar-refractivity contribution in [3.63, 3.8) is 0 Å². The first-order valence-corrected chi connectivity index (χ1v) is 11.6. The summed E-state index contributed by atoms with van der Waals surface area (Å²) in [5.41, 5.74) is 5.17. The number of oxazole rings is 1. The van der Waals surface area contributed by atoms with E-state index >= 15 is 0 Å². The molecule has 5 rings (SSSR count). The van der Waals surface area contributed by atoms with Gasteiger partial charge in [-0.05, 0) is 60.0 Å². The van der Waals surface area contributed by atoms with E-state index in [4.69, 9.17) is 13.9 Å². The zero-order valence-corrected chi connectivity index (χ0v) is 19.8. The average molecular weight is 473 g/mol. The highest BCUT2D eigenvalue weighted by Gasteiger charge is 2.16. The van der Waals surface area contributed by atoms with E-state index in [9.17, 15) is 4.79 Å². The largest absolute Gasteiger partial charge is 0.497 e. The fourth-order valence-corrected chi connectivity index (χ4v) is 4.19. The Bertz CT molecular complexity index is 1370. The lowest BCUT2D eigenvalue weighted by atomic mass is 9.99. The Morgan fingerprint density at radius 3 is 2.74 bits per heavy atom. The van der Waals surface area contributed by atoms with Crippen molar-refractivity contribution in [1.82, 2.24) is 14.9 Å². The summed E-state index contributed by atoms with van der Waals surface area (Å²) in [6, 6.07) is 16.0. The van der Waals surface area contributed by atoms with Crippen LogP contribution in [0.5, 0.6) is 5.75 Å². The van der Waals surface area contributed by atoms with Crippen molar-refractivity contribution >= 4 is 11.7 Å². The lowest BCUT2D eigenvalue weighted by Crippen LogP contribution is -2.35. The Hall–Kier alpha value is -3.88. The molecule has 0 bridgehead atoms. The first kappa shape index (κ1) is 22.9. The number of aromatic amines is 1. The number of aromatic nitrogens is 2. The maximum absolute atomic E-state index is 12.5. The third kappa shape index (κ3) is 5.29. The molecule has 1 aliphatic heterocycles. The van der Waals surface area contributed by atoms with E-state index in [1.54, 1.807) is 19.5 Å². The lowest BCUT2D eigenvalue weighted by molar-refractivity contribution is 0.0342. The average Bonchev–Trinajstić information content (AvgIpc) is 3.35. The number of pyridine rings is 1. The SMILES string of the molecule is COc1ccc(C)c(Nc2ncc(-c3cc(CN4CCOCC4)cc(-c4ccc[nH]c4=O)c3)o2)c1. The minimum atomic E-state index is -0.129. The van der Waals surface area contributed by atoms with Gasteiger partial charge in [0.05, 0.1) is 26.5 Å². The van der Waals surface area contributed by atoms with Crippen molar-refractivity contribution in [2.75, 3.05) is 38.7 Å². The van der Waals surface area contributed by atoms with Crippen LogP contribution in [0, 0.1) is 6.92 Å². The van der Waals surface area contributed by atoms with Crippen molar-refractivity contribution in [1.29, 1.82) is 0 Å². The van der Waals surface area contributed by atoms with Gasteiger partial charge in [-0.3, -0.25) is 9.69 Å². The Morgan fingerprint density at radius 1 is 1.11 bits per heavy atom. The number of nitrogens with zero attached hydrogens (tertiary/aromatic N) is 2. The predicted octanol–water partition coefficient (Wildman–Crippen LogP) is 4.59. The van der Waals surface area contributed by atoms with Crippen LogP contribution >= 0.6 is 0 Å². The highest BCUT2D eigenvalue weighted by Crippen LogP contribution is 2.31. The van der Waals surface area contributed by atoms with Crippen molar-refractivity contribution in [2.45, 2.75) is 13.5 Å². The van der Waals surface area contributed by atoms with E-state index in [0.717, 1.165) is 66.5 Å². The van der Waals surface area contributed by atoms with E-state index in [1.165, 1.54) is 0 Å². The summed E-state index contributed by atoms with van der Waals surface area (Å²) in [5, 5.41) is 3.24. The molecule has 0 atom stereocenters. The fourth-order valence-electron chi connectivity index (χ4n) is 4.19. The number of aryl methyl sites for hydroxylation is 1. The zero-order valence-electron chi connectivity index (χ0n) is 19.8. The molecule has 0 spiro atoms. The van der Waals surface area contributed by atoms with Gasteiger partial charge >= 0.3 is 0 Å². The highest BCUT2D eigenvalue weighted by atomic mass is 16.5. The smallest absolute Gasteiger partial charge is 0.299 e. The molecule has 3 heterocycles. The summed E-state index contributed by atoms with van der Waals surface area (Å²) in [7, 11) is 1.64. The Balaban J connectivity index is 1.48. The molecule has 2 N–H and O–H groups in total. The third-order valence-electron chi connectivity index (χ3n) is 6.11. The zero-order chi connectivity index (χ0) is 24.2. The molecular formula is C27H28N4O4. The van der Waals surface area contributed by atoms with Gasteiger partial charge in [0.1, 0.15) is 5.75 Å². The van der Waals surface area contributed by atoms with Gasteiger partial charge in [-0.2, -0.15) is 0 Å². The second-order valence-electron chi connectivity index (χ2n) is 8.56. The quantitative estimate of drug-likeness (QED) is 0.406. The number of morpholine rings is 1. The Kier molecular flexibility index (Phi) is 6.65. The number of hydrogen-bond acceptors (Lipinski definition) is 7. The fraction of sp³-hybridized carbons (Fsp3) is 0.259. The summed E-state index contributed by atoms with van der Waals surface area (Å²) < 4.78 is 16.9. The van der Waals surface area contributed by atoms with Crippen LogP contribution in [0.1, 0.15) is 11.1 Å². The molecule has 2 aromatic heterocycles. The monoisotopic (exact) mass is 472 g/mol. The minimum absolute atomic E-state index is 0.129.